The van der Waals surface area contributed by atoms with Crippen molar-refractivity contribution in [3.8, 4) is 16.3 Å². The van der Waals surface area contributed by atoms with Gasteiger partial charge in [0.25, 0.3) is 0 Å². The van der Waals surface area contributed by atoms with Crippen molar-refractivity contribution in [3.05, 3.63) is 35.3 Å². The van der Waals surface area contributed by atoms with Crippen LogP contribution in [0.4, 0.5) is 0 Å². The van der Waals surface area contributed by atoms with Crippen LogP contribution < -0.4 is 4.74 Å². The van der Waals surface area contributed by atoms with Gasteiger partial charge >= 0.3 is 0 Å². The van der Waals surface area contributed by atoms with Gasteiger partial charge in [-0.05, 0) is 24.3 Å². The molecule has 0 amide bonds. The molecule has 0 bridgehead atoms. The molecule has 0 aliphatic rings. The van der Waals surface area contributed by atoms with E-state index in [0.717, 1.165) is 16.3 Å². The molecule has 1 heterocycles. The number of hydrogen-bond donors (Lipinski definition) is 0. The Labute approximate surface area is 97.7 Å². The van der Waals surface area contributed by atoms with Crippen molar-refractivity contribution in [2.75, 3.05) is 7.11 Å². The molecular weight excluding hydrogens is 222 g/mol. The molecule has 0 N–H and O–H groups in total. The number of ketones is 1. The fraction of sp³-hybridized carbons (Fsp3) is 0.167. The lowest BCUT2D eigenvalue weighted by atomic mass is 10.2. The van der Waals surface area contributed by atoms with Gasteiger partial charge < -0.3 is 4.74 Å². The Balaban J connectivity index is 2.31. The van der Waals surface area contributed by atoms with Crippen molar-refractivity contribution >= 4 is 17.1 Å². The fourth-order valence-corrected chi connectivity index (χ4v) is 2.12. The summed E-state index contributed by atoms with van der Waals surface area (Å²) in [7, 11) is 1.63. The molecule has 0 aliphatic heterocycles. The molecule has 0 fully saturated rings. The number of nitrogens with zero attached hydrogens (tertiary/aromatic N) is 1. The molecule has 2 aromatic rings. The van der Waals surface area contributed by atoms with Crippen molar-refractivity contribution in [1.29, 1.82) is 0 Å². The van der Waals surface area contributed by atoms with Gasteiger partial charge in [-0.1, -0.05) is 0 Å². The van der Waals surface area contributed by atoms with E-state index in [0.29, 0.717) is 4.88 Å². The highest BCUT2D eigenvalue weighted by atomic mass is 32.1. The maximum Gasteiger partial charge on any atom is 0.171 e. The average molecular weight is 233 g/mol. The fourth-order valence-electron chi connectivity index (χ4n) is 1.30. The molecule has 0 saturated heterocycles. The normalized spacial score (nSPS) is 10.1. The second-order valence-corrected chi connectivity index (χ2v) is 4.35. The van der Waals surface area contributed by atoms with Gasteiger partial charge in [-0.15, -0.1) is 11.3 Å². The summed E-state index contributed by atoms with van der Waals surface area (Å²) in [6.45, 7) is 1.55. The summed E-state index contributed by atoms with van der Waals surface area (Å²) in [6.07, 6.45) is 1.62. The van der Waals surface area contributed by atoms with Crippen molar-refractivity contribution < 1.29 is 9.53 Å². The molecule has 1 aromatic carbocycles. The van der Waals surface area contributed by atoms with E-state index in [2.05, 4.69) is 4.98 Å². The predicted molar refractivity (Wildman–Crippen MR) is 64.1 cm³/mol. The zero-order valence-electron chi connectivity index (χ0n) is 9.06. The number of aromatic nitrogens is 1. The van der Waals surface area contributed by atoms with Crippen LogP contribution in [0.3, 0.4) is 0 Å². The van der Waals surface area contributed by atoms with Crippen LogP contribution in [-0.4, -0.2) is 17.9 Å². The van der Waals surface area contributed by atoms with Crippen molar-refractivity contribution in [2.24, 2.45) is 0 Å². The first-order valence-corrected chi connectivity index (χ1v) is 5.63. The Morgan fingerprint density at radius 3 is 2.50 bits per heavy atom. The summed E-state index contributed by atoms with van der Waals surface area (Å²) in [5.41, 5.74) is 0.998. The quantitative estimate of drug-likeness (QED) is 0.765. The van der Waals surface area contributed by atoms with Crippen LogP contribution in [0.15, 0.2) is 30.5 Å². The van der Waals surface area contributed by atoms with E-state index < -0.39 is 0 Å². The largest absolute Gasteiger partial charge is 0.497 e. The first-order chi connectivity index (χ1) is 7.70. The summed E-state index contributed by atoms with van der Waals surface area (Å²) in [4.78, 5) is 16.0. The van der Waals surface area contributed by atoms with E-state index in [1.807, 2.05) is 24.3 Å². The van der Waals surface area contributed by atoms with E-state index in [-0.39, 0.29) is 5.78 Å². The molecule has 1 aromatic heterocycles. The summed E-state index contributed by atoms with van der Waals surface area (Å²) >= 11 is 1.41. The Hall–Kier alpha value is -1.68. The molecule has 16 heavy (non-hydrogen) atoms. The lowest BCUT2D eigenvalue weighted by Gasteiger charge is -1.99. The zero-order chi connectivity index (χ0) is 11.5. The maximum absolute atomic E-state index is 11.1. The number of Topliss-reactive ketones (excluding diaryl/α,β-unsaturated/α-hetero) is 1. The van der Waals surface area contributed by atoms with Crippen LogP contribution in [0.25, 0.3) is 10.6 Å². The third-order valence-corrected chi connectivity index (χ3v) is 3.34. The molecule has 4 heteroatoms. The minimum absolute atomic E-state index is 0.0530. The van der Waals surface area contributed by atoms with Crippen molar-refractivity contribution in [1.82, 2.24) is 4.98 Å². The highest BCUT2D eigenvalue weighted by Gasteiger charge is 2.07. The van der Waals surface area contributed by atoms with Gasteiger partial charge in [0.15, 0.2) is 5.78 Å². The predicted octanol–water partition coefficient (Wildman–Crippen LogP) is 3.02. The van der Waals surface area contributed by atoms with Gasteiger partial charge in [0.1, 0.15) is 10.8 Å². The SMILES string of the molecule is COc1ccc(-c2ncc(C(C)=O)s2)cc1. The van der Waals surface area contributed by atoms with Gasteiger partial charge in [0.2, 0.25) is 0 Å². The van der Waals surface area contributed by atoms with Gasteiger partial charge in [-0.2, -0.15) is 0 Å². The van der Waals surface area contributed by atoms with Crippen molar-refractivity contribution in [2.45, 2.75) is 6.92 Å². The van der Waals surface area contributed by atoms with Crippen LogP contribution in [0.2, 0.25) is 0 Å². The minimum Gasteiger partial charge on any atom is -0.497 e. The molecule has 2 rings (SSSR count). The minimum atomic E-state index is 0.0530. The second kappa shape index (κ2) is 4.45. The Morgan fingerprint density at radius 2 is 2.00 bits per heavy atom. The van der Waals surface area contributed by atoms with E-state index in [9.17, 15) is 4.79 Å². The molecule has 0 radical (unpaired) electrons. The summed E-state index contributed by atoms with van der Waals surface area (Å²) in [5, 5.41) is 0.854. The molecule has 82 valence electrons. The van der Waals surface area contributed by atoms with Gasteiger partial charge in [0, 0.05) is 18.7 Å². The zero-order valence-corrected chi connectivity index (χ0v) is 9.88. The monoisotopic (exact) mass is 233 g/mol. The number of benzene rings is 1. The third kappa shape index (κ3) is 2.12. The molecule has 0 spiro atoms. The van der Waals surface area contributed by atoms with Crippen LogP contribution in [0.1, 0.15) is 16.6 Å². The second-order valence-electron chi connectivity index (χ2n) is 3.31. The van der Waals surface area contributed by atoms with E-state index in [4.69, 9.17) is 4.74 Å². The molecule has 0 saturated carbocycles. The summed E-state index contributed by atoms with van der Waals surface area (Å²) < 4.78 is 5.08. The smallest absolute Gasteiger partial charge is 0.171 e. The average Bonchev–Trinajstić information content (AvgIpc) is 2.78. The van der Waals surface area contributed by atoms with Crippen molar-refractivity contribution in [3.63, 3.8) is 0 Å². The van der Waals surface area contributed by atoms with Crippen LogP contribution in [-0.2, 0) is 0 Å². The van der Waals surface area contributed by atoms with Crippen LogP contribution in [0, 0.1) is 0 Å². The number of methoxy groups -OCH3 is 1. The van der Waals surface area contributed by atoms with Gasteiger partial charge in [-0.3, -0.25) is 4.79 Å². The highest BCUT2D eigenvalue weighted by molar-refractivity contribution is 7.16. The van der Waals surface area contributed by atoms with Gasteiger partial charge in [0.05, 0.1) is 12.0 Å². The van der Waals surface area contributed by atoms with Gasteiger partial charge in [-0.25, -0.2) is 4.98 Å². The summed E-state index contributed by atoms with van der Waals surface area (Å²) in [5.74, 6) is 0.865. The number of carbonyl (C=O) groups is 1. The number of ether oxygens (including phenoxy) is 1. The molecule has 0 atom stereocenters. The Morgan fingerprint density at radius 1 is 1.31 bits per heavy atom. The lowest BCUT2D eigenvalue weighted by Crippen LogP contribution is -1.83. The van der Waals surface area contributed by atoms with E-state index in [1.165, 1.54) is 11.3 Å². The van der Waals surface area contributed by atoms with Crippen LogP contribution >= 0.6 is 11.3 Å². The Kier molecular flexibility index (Phi) is 3.01. The topological polar surface area (TPSA) is 39.2 Å². The summed E-state index contributed by atoms with van der Waals surface area (Å²) in [6, 6.07) is 7.62. The van der Waals surface area contributed by atoms with Crippen LogP contribution in [0.5, 0.6) is 5.75 Å². The number of carbonyl (C=O) groups excluding carboxylic acids is 1. The number of hydrogen-bond acceptors (Lipinski definition) is 4. The molecule has 0 aliphatic carbocycles. The number of thiazole rings is 1. The maximum atomic E-state index is 11.1. The standard InChI is InChI=1S/C12H11NO2S/c1-8(14)11-7-13-12(16-11)9-3-5-10(15-2)6-4-9/h3-7H,1-2H3. The highest BCUT2D eigenvalue weighted by Crippen LogP contribution is 2.26. The third-order valence-electron chi connectivity index (χ3n) is 2.19. The first kappa shape index (κ1) is 10.8. The lowest BCUT2D eigenvalue weighted by molar-refractivity contribution is 0.102. The van der Waals surface area contributed by atoms with E-state index in [1.54, 1.807) is 20.2 Å². The molecule has 0 unspecified atom stereocenters. The molecule has 3 nitrogen and oxygen atoms in total. The first-order valence-electron chi connectivity index (χ1n) is 4.82. The number of rotatable bonds is 3. The molecular formula is C12H11NO2S. The Bertz CT molecular complexity index is 502. The van der Waals surface area contributed by atoms with E-state index >= 15 is 0 Å².